The molecule has 2 heterocycles. The fraction of sp³-hybridized carbons (Fsp3) is 0.333. The van der Waals surface area contributed by atoms with Gasteiger partial charge in [-0.3, -0.25) is 4.79 Å². The van der Waals surface area contributed by atoms with Gasteiger partial charge >= 0.3 is 0 Å². The monoisotopic (exact) mass is 365 g/mol. The molecule has 2 aliphatic heterocycles. The molecule has 1 saturated heterocycles. The number of piperazine rings is 1. The van der Waals surface area contributed by atoms with Crippen molar-refractivity contribution in [3.05, 3.63) is 39.2 Å². The van der Waals surface area contributed by atoms with Crippen LogP contribution >= 0.6 is 27.7 Å². The van der Waals surface area contributed by atoms with E-state index in [1.165, 1.54) is 11.8 Å². The fourth-order valence-electron chi connectivity index (χ4n) is 2.35. The Morgan fingerprint density at radius 3 is 2.90 bits per heavy atom. The Bertz CT molecular complexity index is 612. The number of carbonyl (C=O) groups excluding carboxylic acids is 1. The average Bonchev–Trinajstić information content (AvgIpc) is 2.83. The minimum Gasteiger partial charge on any atom is -0.348 e. The minimum absolute atomic E-state index is 0.135. The van der Waals surface area contributed by atoms with Crippen molar-refractivity contribution in [3.8, 4) is 0 Å². The molecule has 4 nitrogen and oxygen atoms in total. The van der Waals surface area contributed by atoms with Crippen LogP contribution in [0.3, 0.4) is 0 Å². The zero-order chi connectivity index (χ0) is 14.8. The standard InChI is InChI=1S/C15H16BrN3OS/c1-10-9-19(7-6-17-10)15-18-14(20)13(21-15)8-11-2-4-12(16)5-3-11/h2-5,8,10,17H,6-7,9H2,1H3/b13-8+. The van der Waals surface area contributed by atoms with E-state index in [2.05, 4.69) is 38.1 Å². The molecule has 6 heteroatoms. The summed E-state index contributed by atoms with van der Waals surface area (Å²) in [5, 5.41) is 4.22. The number of aliphatic imine (C=N–C) groups is 1. The molecule has 1 fully saturated rings. The number of carbonyl (C=O) groups is 1. The molecule has 1 unspecified atom stereocenters. The summed E-state index contributed by atoms with van der Waals surface area (Å²) in [7, 11) is 0. The number of thioether (sulfide) groups is 1. The van der Waals surface area contributed by atoms with Gasteiger partial charge in [0.2, 0.25) is 0 Å². The third-order valence-electron chi connectivity index (χ3n) is 3.42. The van der Waals surface area contributed by atoms with Crippen LogP contribution in [-0.4, -0.2) is 41.7 Å². The molecule has 0 spiro atoms. The molecule has 1 aromatic rings. The number of halogens is 1. The highest BCUT2D eigenvalue weighted by molar-refractivity contribution is 9.10. The van der Waals surface area contributed by atoms with Crippen LogP contribution in [0.2, 0.25) is 0 Å². The summed E-state index contributed by atoms with van der Waals surface area (Å²) in [5.41, 5.74) is 1.01. The molecule has 110 valence electrons. The van der Waals surface area contributed by atoms with E-state index in [9.17, 15) is 4.79 Å². The summed E-state index contributed by atoms with van der Waals surface area (Å²) in [6.45, 7) is 4.87. The molecule has 0 saturated carbocycles. The predicted molar refractivity (Wildman–Crippen MR) is 91.2 cm³/mol. The van der Waals surface area contributed by atoms with Gasteiger partial charge in [0, 0.05) is 30.1 Å². The summed E-state index contributed by atoms with van der Waals surface area (Å²) in [4.78, 5) is 19.1. The van der Waals surface area contributed by atoms with E-state index in [0.717, 1.165) is 34.8 Å². The third-order valence-corrected chi connectivity index (χ3v) is 4.99. The Kier molecular flexibility index (Phi) is 4.47. The maximum atomic E-state index is 12.1. The van der Waals surface area contributed by atoms with Crippen molar-refractivity contribution in [3.63, 3.8) is 0 Å². The molecule has 3 rings (SSSR count). The van der Waals surface area contributed by atoms with Gasteiger partial charge in [-0.15, -0.1) is 0 Å². The second-order valence-corrected chi connectivity index (χ2v) is 7.09. The van der Waals surface area contributed by atoms with E-state index < -0.39 is 0 Å². The first-order chi connectivity index (χ1) is 10.1. The molecule has 0 aliphatic carbocycles. The SMILES string of the molecule is CC1CN(C2=NC(=O)/C(=C\c3ccc(Br)cc3)S2)CCN1. The van der Waals surface area contributed by atoms with Gasteiger partial charge in [0.05, 0.1) is 4.91 Å². The van der Waals surface area contributed by atoms with Crippen LogP contribution in [0.4, 0.5) is 0 Å². The van der Waals surface area contributed by atoms with Crippen molar-refractivity contribution in [2.75, 3.05) is 19.6 Å². The lowest BCUT2D eigenvalue weighted by Crippen LogP contribution is -2.50. The molecule has 1 amide bonds. The van der Waals surface area contributed by atoms with Gasteiger partial charge in [-0.05, 0) is 42.5 Å². The van der Waals surface area contributed by atoms with Crippen molar-refractivity contribution in [1.82, 2.24) is 10.2 Å². The second kappa shape index (κ2) is 6.34. The number of benzene rings is 1. The Morgan fingerprint density at radius 1 is 1.43 bits per heavy atom. The van der Waals surface area contributed by atoms with Gasteiger partial charge in [-0.25, -0.2) is 0 Å². The first-order valence-electron chi connectivity index (χ1n) is 6.88. The van der Waals surface area contributed by atoms with Gasteiger partial charge in [0.1, 0.15) is 0 Å². The molecule has 0 bridgehead atoms. The molecular weight excluding hydrogens is 350 g/mol. The van der Waals surface area contributed by atoms with Gasteiger partial charge in [-0.2, -0.15) is 4.99 Å². The van der Waals surface area contributed by atoms with Crippen molar-refractivity contribution < 1.29 is 4.79 Å². The van der Waals surface area contributed by atoms with Crippen LogP contribution in [0.5, 0.6) is 0 Å². The summed E-state index contributed by atoms with van der Waals surface area (Å²) in [6.07, 6.45) is 1.90. The summed E-state index contributed by atoms with van der Waals surface area (Å²) in [6, 6.07) is 8.33. The lowest BCUT2D eigenvalue weighted by atomic mass is 10.2. The van der Waals surface area contributed by atoms with Crippen molar-refractivity contribution in [2.45, 2.75) is 13.0 Å². The molecule has 1 N–H and O–H groups in total. The molecule has 2 aliphatic rings. The minimum atomic E-state index is -0.135. The zero-order valence-electron chi connectivity index (χ0n) is 11.7. The zero-order valence-corrected chi connectivity index (χ0v) is 14.1. The van der Waals surface area contributed by atoms with E-state index in [-0.39, 0.29) is 5.91 Å². The van der Waals surface area contributed by atoms with Gasteiger partial charge in [-0.1, -0.05) is 28.1 Å². The summed E-state index contributed by atoms with van der Waals surface area (Å²) < 4.78 is 1.03. The molecular formula is C15H16BrN3OS. The van der Waals surface area contributed by atoms with Crippen molar-refractivity contribution in [1.29, 1.82) is 0 Å². The highest BCUT2D eigenvalue weighted by Gasteiger charge is 2.28. The number of amides is 1. The smallest absolute Gasteiger partial charge is 0.286 e. The Labute approximate surface area is 136 Å². The van der Waals surface area contributed by atoms with Crippen LogP contribution in [0, 0.1) is 0 Å². The second-order valence-electron chi connectivity index (χ2n) is 5.16. The Hall–Kier alpha value is -1.11. The predicted octanol–water partition coefficient (Wildman–Crippen LogP) is 2.71. The highest BCUT2D eigenvalue weighted by atomic mass is 79.9. The average molecular weight is 366 g/mol. The van der Waals surface area contributed by atoms with Crippen LogP contribution in [0.1, 0.15) is 12.5 Å². The Morgan fingerprint density at radius 2 is 2.19 bits per heavy atom. The molecule has 0 radical (unpaired) electrons. The first kappa shape index (κ1) is 14.8. The van der Waals surface area contributed by atoms with E-state index in [4.69, 9.17) is 0 Å². The summed E-state index contributed by atoms with van der Waals surface area (Å²) in [5.74, 6) is -0.135. The van der Waals surface area contributed by atoms with Crippen LogP contribution < -0.4 is 5.32 Å². The van der Waals surface area contributed by atoms with E-state index in [1.807, 2.05) is 30.3 Å². The normalized spacial score (nSPS) is 24.6. The molecule has 21 heavy (non-hydrogen) atoms. The number of hydrogen-bond acceptors (Lipinski definition) is 4. The van der Waals surface area contributed by atoms with Gasteiger partial charge in [0.25, 0.3) is 5.91 Å². The van der Waals surface area contributed by atoms with Crippen molar-refractivity contribution >= 4 is 44.8 Å². The van der Waals surface area contributed by atoms with Crippen LogP contribution in [0.25, 0.3) is 6.08 Å². The lowest BCUT2D eigenvalue weighted by molar-refractivity contribution is -0.113. The molecule has 0 aromatic heterocycles. The van der Waals surface area contributed by atoms with Gasteiger partial charge < -0.3 is 10.2 Å². The summed E-state index contributed by atoms with van der Waals surface area (Å²) >= 11 is 4.88. The van der Waals surface area contributed by atoms with Crippen LogP contribution in [-0.2, 0) is 4.79 Å². The maximum Gasteiger partial charge on any atom is 0.286 e. The molecule has 1 aromatic carbocycles. The quantitative estimate of drug-likeness (QED) is 0.777. The lowest BCUT2D eigenvalue weighted by Gasteiger charge is -2.32. The third kappa shape index (κ3) is 3.56. The van der Waals surface area contributed by atoms with E-state index in [0.29, 0.717) is 10.9 Å². The topological polar surface area (TPSA) is 44.7 Å². The number of nitrogens with zero attached hydrogens (tertiary/aromatic N) is 2. The van der Waals surface area contributed by atoms with Gasteiger partial charge in [0.15, 0.2) is 5.17 Å². The van der Waals surface area contributed by atoms with Crippen molar-refractivity contribution in [2.24, 2.45) is 4.99 Å². The van der Waals surface area contributed by atoms with E-state index >= 15 is 0 Å². The fourth-order valence-corrected chi connectivity index (χ4v) is 3.56. The molecule has 1 atom stereocenters. The largest absolute Gasteiger partial charge is 0.348 e. The highest BCUT2D eigenvalue weighted by Crippen LogP contribution is 2.30. The number of amidine groups is 1. The number of hydrogen-bond donors (Lipinski definition) is 1. The number of nitrogens with one attached hydrogen (secondary N) is 1. The first-order valence-corrected chi connectivity index (χ1v) is 8.49. The van der Waals surface area contributed by atoms with E-state index in [1.54, 1.807) is 0 Å². The number of rotatable bonds is 1. The maximum absolute atomic E-state index is 12.1. The Balaban J connectivity index is 1.73. The van der Waals surface area contributed by atoms with Crippen LogP contribution in [0.15, 0.2) is 38.6 Å².